The van der Waals surface area contributed by atoms with Gasteiger partial charge in [0.1, 0.15) is 11.4 Å². The summed E-state index contributed by atoms with van der Waals surface area (Å²) in [5, 5.41) is 29.4. The number of nitrogens with zero attached hydrogens (tertiary/aromatic N) is 3. The van der Waals surface area contributed by atoms with Gasteiger partial charge in [-0.15, -0.1) is 0 Å². The minimum Gasteiger partial charge on any atom is -0.388 e. The first-order chi connectivity index (χ1) is 9.50. The van der Waals surface area contributed by atoms with E-state index in [1.807, 2.05) is 13.8 Å². The molecule has 0 aliphatic carbocycles. The number of nitrogens with one attached hydrogen (secondary N) is 1. The summed E-state index contributed by atoms with van der Waals surface area (Å²) in [6.07, 6.45) is 2.35. The summed E-state index contributed by atoms with van der Waals surface area (Å²) in [5.41, 5.74) is 0.413. The second kappa shape index (κ2) is 5.88. The molecule has 1 fully saturated rings. The van der Waals surface area contributed by atoms with Crippen LogP contribution in [0.4, 0.5) is 5.69 Å². The summed E-state index contributed by atoms with van der Waals surface area (Å²) in [6.45, 7) is 5.60. The second-order valence-electron chi connectivity index (χ2n) is 5.34. The number of aryl methyl sites for hydroxylation is 1. The SMILES string of the molecule is CCc1nn(CC2(O)CCNCC2)c(CC)c1[N+](=O)[O-]. The van der Waals surface area contributed by atoms with Crippen LogP contribution in [0.5, 0.6) is 0 Å². The minimum atomic E-state index is -0.819. The number of hydrogen-bond donors (Lipinski definition) is 2. The van der Waals surface area contributed by atoms with Gasteiger partial charge >= 0.3 is 5.69 Å². The van der Waals surface area contributed by atoms with Gasteiger partial charge in [-0.05, 0) is 38.8 Å². The van der Waals surface area contributed by atoms with E-state index in [0.717, 1.165) is 13.1 Å². The predicted octanol–water partition coefficient (Wildman–Crippen LogP) is 1.03. The Morgan fingerprint density at radius 1 is 1.40 bits per heavy atom. The molecule has 2 heterocycles. The number of piperidine rings is 1. The lowest BCUT2D eigenvalue weighted by atomic mass is 9.92. The van der Waals surface area contributed by atoms with Crippen molar-refractivity contribution in [2.45, 2.75) is 51.7 Å². The van der Waals surface area contributed by atoms with Crippen LogP contribution in [-0.4, -0.2) is 38.5 Å². The van der Waals surface area contributed by atoms with Crippen LogP contribution >= 0.6 is 0 Å². The number of rotatable bonds is 5. The fourth-order valence-corrected chi connectivity index (χ4v) is 2.80. The van der Waals surface area contributed by atoms with E-state index >= 15 is 0 Å². The Morgan fingerprint density at radius 3 is 2.55 bits per heavy atom. The first-order valence-corrected chi connectivity index (χ1v) is 7.16. The molecule has 0 spiro atoms. The minimum absolute atomic E-state index is 0.118. The molecule has 1 aliphatic heterocycles. The zero-order valence-corrected chi connectivity index (χ0v) is 12.1. The van der Waals surface area contributed by atoms with Gasteiger partial charge in [-0.2, -0.15) is 5.10 Å². The molecule has 0 amide bonds. The van der Waals surface area contributed by atoms with E-state index in [0.29, 0.717) is 43.6 Å². The number of nitro groups is 1. The van der Waals surface area contributed by atoms with Crippen LogP contribution < -0.4 is 5.32 Å². The lowest BCUT2D eigenvalue weighted by Gasteiger charge is -2.32. The van der Waals surface area contributed by atoms with Gasteiger partial charge in [-0.3, -0.25) is 14.8 Å². The van der Waals surface area contributed by atoms with Crippen LogP contribution in [0, 0.1) is 10.1 Å². The molecule has 0 radical (unpaired) electrons. The Bertz CT molecular complexity index is 492. The third kappa shape index (κ3) is 2.83. The summed E-state index contributed by atoms with van der Waals surface area (Å²) in [7, 11) is 0. The van der Waals surface area contributed by atoms with E-state index in [1.54, 1.807) is 4.68 Å². The van der Waals surface area contributed by atoms with E-state index in [4.69, 9.17) is 0 Å². The van der Waals surface area contributed by atoms with E-state index in [1.165, 1.54) is 0 Å². The Kier molecular flexibility index (Phi) is 4.39. The van der Waals surface area contributed by atoms with Crippen LogP contribution in [0.1, 0.15) is 38.1 Å². The molecular weight excluding hydrogens is 260 g/mol. The van der Waals surface area contributed by atoms with Gasteiger partial charge in [-0.1, -0.05) is 13.8 Å². The molecule has 20 heavy (non-hydrogen) atoms. The quantitative estimate of drug-likeness (QED) is 0.621. The van der Waals surface area contributed by atoms with Crippen LogP contribution in [0.3, 0.4) is 0 Å². The normalized spacial score (nSPS) is 18.1. The van der Waals surface area contributed by atoms with Crippen molar-refractivity contribution in [1.29, 1.82) is 0 Å². The molecule has 1 aromatic heterocycles. The summed E-state index contributed by atoms with van der Waals surface area (Å²) < 4.78 is 1.64. The Labute approximate surface area is 118 Å². The number of aliphatic hydroxyl groups is 1. The van der Waals surface area contributed by atoms with Gasteiger partial charge in [0.15, 0.2) is 0 Å². The second-order valence-corrected chi connectivity index (χ2v) is 5.34. The van der Waals surface area contributed by atoms with Crippen LogP contribution in [-0.2, 0) is 19.4 Å². The molecule has 7 nitrogen and oxygen atoms in total. The lowest BCUT2D eigenvalue weighted by molar-refractivity contribution is -0.386. The third-order valence-corrected chi connectivity index (χ3v) is 3.93. The van der Waals surface area contributed by atoms with Crippen LogP contribution in [0.15, 0.2) is 0 Å². The molecule has 2 rings (SSSR count). The lowest BCUT2D eigenvalue weighted by Crippen LogP contribution is -2.45. The number of hydrogen-bond acceptors (Lipinski definition) is 5. The molecule has 1 aromatic rings. The van der Waals surface area contributed by atoms with E-state index in [9.17, 15) is 15.2 Å². The fraction of sp³-hybridized carbons (Fsp3) is 0.769. The maximum atomic E-state index is 11.2. The van der Waals surface area contributed by atoms with Crippen molar-refractivity contribution >= 4 is 5.69 Å². The first kappa shape index (κ1) is 14.9. The highest BCUT2D eigenvalue weighted by atomic mass is 16.6. The molecule has 112 valence electrons. The Hall–Kier alpha value is -1.47. The van der Waals surface area contributed by atoms with Gasteiger partial charge in [0, 0.05) is 0 Å². The smallest absolute Gasteiger partial charge is 0.313 e. The van der Waals surface area contributed by atoms with Gasteiger partial charge in [0.05, 0.1) is 17.1 Å². The van der Waals surface area contributed by atoms with E-state index in [2.05, 4.69) is 10.4 Å². The highest BCUT2D eigenvalue weighted by molar-refractivity contribution is 5.41. The van der Waals surface area contributed by atoms with Gasteiger partial charge in [0.2, 0.25) is 0 Å². The van der Waals surface area contributed by atoms with Gasteiger partial charge in [0.25, 0.3) is 0 Å². The van der Waals surface area contributed by atoms with Crippen LogP contribution in [0.2, 0.25) is 0 Å². The highest BCUT2D eigenvalue weighted by Gasteiger charge is 2.33. The average Bonchev–Trinajstić information content (AvgIpc) is 2.76. The Morgan fingerprint density at radius 2 is 2.05 bits per heavy atom. The first-order valence-electron chi connectivity index (χ1n) is 7.16. The number of aromatic nitrogens is 2. The highest BCUT2D eigenvalue weighted by Crippen LogP contribution is 2.28. The molecule has 2 N–H and O–H groups in total. The average molecular weight is 282 g/mol. The van der Waals surface area contributed by atoms with Crippen molar-refractivity contribution in [2.75, 3.05) is 13.1 Å². The maximum Gasteiger partial charge on any atom is 0.313 e. The molecule has 1 aliphatic rings. The maximum absolute atomic E-state index is 11.2. The zero-order chi connectivity index (χ0) is 14.8. The monoisotopic (exact) mass is 282 g/mol. The molecule has 0 atom stereocenters. The summed E-state index contributed by atoms with van der Waals surface area (Å²) >= 11 is 0. The third-order valence-electron chi connectivity index (χ3n) is 3.93. The molecule has 0 aromatic carbocycles. The predicted molar refractivity (Wildman–Crippen MR) is 74.7 cm³/mol. The molecule has 0 unspecified atom stereocenters. The van der Waals surface area contributed by atoms with E-state index < -0.39 is 5.60 Å². The molecule has 0 saturated carbocycles. The van der Waals surface area contributed by atoms with Gasteiger partial charge < -0.3 is 10.4 Å². The summed E-state index contributed by atoms with van der Waals surface area (Å²) in [4.78, 5) is 10.9. The molecular formula is C13H22N4O3. The van der Waals surface area contributed by atoms with Crippen LogP contribution in [0.25, 0.3) is 0 Å². The van der Waals surface area contributed by atoms with Crippen molar-refractivity contribution in [1.82, 2.24) is 15.1 Å². The van der Waals surface area contributed by atoms with Crippen molar-refractivity contribution in [2.24, 2.45) is 0 Å². The standard InChI is InChI=1S/C13H22N4O3/c1-3-10-12(17(19)20)11(4-2)16(15-10)9-13(18)5-7-14-8-6-13/h14,18H,3-9H2,1-2H3. The van der Waals surface area contributed by atoms with Crippen molar-refractivity contribution in [3.05, 3.63) is 21.5 Å². The summed E-state index contributed by atoms with van der Waals surface area (Å²) in [5.74, 6) is 0. The zero-order valence-electron chi connectivity index (χ0n) is 12.1. The van der Waals surface area contributed by atoms with E-state index in [-0.39, 0.29) is 10.6 Å². The van der Waals surface area contributed by atoms with Gasteiger partial charge in [-0.25, -0.2) is 0 Å². The molecule has 0 bridgehead atoms. The largest absolute Gasteiger partial charge is 0.388 e. The molecule has 1 saturated heterocycles. The summed E-state index contributed by atoms with van der Waals surface area (Å²) in [6, 6.07) is 0. The van der Waals surface area contributed by atoms with Crippen molar-refractivity contribution in [3.8, 4) is 0 Å². The van der Waals surface area contributed by atoms with Crippen molar-refractivity contribution < 1.29 is 10.0 Å². The fourth-order valence-electron chi connectivity index (χ4n) is 2.80. The molecule has 7 heteroatoms. The Balaban J connectivity index is 2.33. The topological polar surface area (TPSA) is 93.2 Å². The van der Waals surface area contributed by atoms with Crippen molar-refractivity contribution in [3.63, 3.8) is 0 Å².